The van der Waals surface area contributed by atoms with Crippen LogP contribution in [0.4, 0.5) is 0 Å². The van der Waals surface area contributed by atoms with Crippen LogP contribution in [-0.2, 0) is 4.79 Å². The second kappa shape index (κ2) is 10.7. The molecule has 0 aliphatic rings. The maximum absolute atomic E-state index is 10.2. The van der Waals surface area contributed by atoms with Crippen LogP contribution in [0.15, 0.2) is 0 Å². The molecule has 0 aliphatic heterocycles. The molecule has 0 N–H and O–H groups in total. The van der Waals surface area contributed by atoms with Gasteiger partial charge in [0.1, 0.15) is 6.29 Å². The minimum atomic E-state index is 0.700. The Kier molecular flexibility index (Phi) is 10.5. The Morgan fingerprint density at radius 3 is 2.43 bits per heavy atom. The van der Waals surface area contributed by atoms with Crippen LogP contribution < -0.4 is 0 Å². The predicted octanol–water partition coefficient (Wildman–Crippen LogP) is 4.17. The lowest BCUT2D eigenvalue weighted by Gasteiger charge is -2.13. The Morgan fingerprint density at radius 2 is 1.86 bits per heavy atom. The lowest BCUT2D eigenvalue weighted by molar-refractivity contribution is -0.107. The summed E-state index contributed by atoms with van der Waals surface area (Å²) in [6.45, 7) is 4.48. The third-order valence-electron chi connectivity index (χ3n) is 2.74. The molecule has 0 fully saturated rings. The van der Waals surface area contributed by atoms with Gasteiger partial charge in [-0.3, -0.25) is 0 Å². The molecule has 1 atom stereocenters. The summed E-state index contributed by atoms with van der Waals surface area (Å²) in [6.07, 6.45) is 13.0. The lowest BCUT2D eigenvalue weighted by Crippen LogP contribution is -2.00. The number of unbranched alkanes of at least 4 members (excludes halogenated alkanes) is 4. The van der Waals surface area contributed by atoms with Gasteiger partial charge in [0.25, 0.3) is 0 Å². The molecular weight excluding hydrogens is 172 g/mol. The van der Waals surface area contributed by atoms with Crippen LogP contribution in [0.25, 0.3) is 0 Å². The summed E-state index contributed by atoms with van der Waals surface area (Å²) in [5.74, 6) is 0.742. The topological polar surface area (TPSA) is 17.1 Å². The van der Waals surface area contributed by atoms with Crippen molar-refractivity contribution in [2.75, 3.05) is 0 Å². The van der Waals surface area contributed by atoms with Crippen LogP contribution in [0, 0.1) is 12.3 Å². The molecule has 1 heteroatoms. The lowest BCUT2D eigenvalue weighted by atomic mass is 9.93. The van der Waals surface area contributed by atoms with E-state index >= 15 is 0 Å². The molecular formula is C13H25O. The van der Waals surface area contributed by atoms with Crippen molar-refractivity contribution in [3.8, 4) is 0 Å². The number of rotatable bonds is 10. The molecule has 0 saturated carbocycles. The molecule has 0 spiro atoms. The zero-order chi connectivity index (χ0) is 10.6. The second-order valence-electron chi connectivity index (χ2n) is 4.00. The Hall–Kier alpha value is -0.330. The standard InChI is InChI=1S/C13H25O/c1-3-5-6-7-10-13(4-2)11-8-9-12-14/h11-13H,3-10H2,1-2H3. The minimum Gasteiger partial charge on any atom is -0.303 e. The maximum Gasteiger partial charge on any atom is 0.120 e. The van der Waals surface area contributed by atoms with E-state index in [9.17, 15) is 4.79 Å². The van der Waals surface area contributed by atoms with Crippen molar-refractivity contribution in [3.63, 3.8) is 0 Å². The van der Waals surface area contributed by atoms with Gasteiger partial charge < -0.3 is 4.79 Å². The molecule has 14 heavy (non-hydrogen) atoms. The number of aldehydes is 1. The van der Waals surface area contributed by atoms with Gasteiger partial charge in [-0.1, -0.05) is 52.4 Å². The van der Waals surface area contributed by atoms with E-state index in [-0.39, 0.29) is 0 Å². The summed E-state index contributed by atoms with van der Waals surface area (Å²) in [7, 11) is 0. The summed E-state index contributed by atoms with van der Waals surface area (Å²) < 4.78 is 0. The minimum absolute atomic E-state index is 0.700. The van der Waals surface area contributed by atoms with E-state index in [2.05, 4.69) is 20.3 Å². The van der Waals surface area contributed by atoms with Gasteiger partial charge in [-0.05, 0) is 18.8 Å². The van der Waals surface area contributed by atoms with Crippen molar-refractivity contribution in [2.45, 2.75) is 65.2 Å². The monoisotopic (exact) mass is 197 g/mol. The van der Waals surface area contributed by atoms with Gasteiger partial charge in [0.05, 0.1) is 0 Å². The summed E-state index contributed by atoms with van der Waals surface area (Å²) in [5.41, 5.74) is 0. The summed E-state index contributed by atoms with van der Waals surface area (Å²) >= 11 is 0. The highest BCUT2D eigenvalue weighted by Crippen LogP contribution is 2.18. The number of hydrogen-bond acceptors (Lipinski definition) is 1. The van der Waals surface area contributed by atoms with Crippen molar-refractivity contribution < 1.29 is 4.79 Å². The van der Waals surface area contributed by atoms with E-state index in [1.54, 1.807) is 0 Å². The molecule has 1 radical (unpaired) electrons. The average Bonchev–Trinajstić information content (AvgIpc) is 2.22. The molecule has 0 aromatic rings. The maximum atomic E-state index is 10.2. The highest BCUT2D eigenvalue weighted by molar-refractivity contribution is 5.49. The fourth-order valence-electron chi connectivity index (χ4n) is 1.72. The van der Waals surface area contributed by atoms with Crippen LogP contribution >= 0.6 is 0 Å². The van der Waals surface area contributed by atoms with Gasteiger partial charge >= 0.3 is 0 Å². The van der Waals surface area contributed by atoms with E-state index in [0.717, 1.165) is 18.6 Å². The van der Waals surface area contributed by atoms with Crippen molar-refractivity contribution in [1.82, 2.24) is 0 Å². The van der Waals surface area contributed by atoms with Crippen molar-refractivity contribution in [2.24, 2.45) is 5.92 Å². The summed E-state index contributed by atoms with van der Waals surface area (Å²) in [4.78, 5) is 10.2. The van der Waals surface area contributed by atoms with E-state index in [1.165, 1.54) is 38.5 Å². The summed E-state index contributed by atoms with van der Waals surface area (Å²) in [6, 6.07) is 0. The molecule has 0 heterocycles. The Morgan fingerprint density at radius 1 is 1.07 bits per heavy atom. The van der Waals surface area contributed by atoms with Crippen LogP contribution in [0.5, 0.6) is 0 Å². The molecule has 1 nitrogen and oxygen atoms in total. The molecule has 0 aromatic carbocycles. The number of carbonyl (C=O) groups is 1. The zero-order valence-corrected chi connectivity index (χ0v) is 9.80. The molecule has 1 unspecified atom stereocenters. The molecule has 0 saturated heterocycles. The van der Waals surface area contributed by atoms with Crippen LogP contribution in [0.3, 0.4) is 0 Å². The Labute approximate surface area is 89.3 Å². The van der Waals surface area contributed by atoms with Gasteiger partial charge in [-0.25, -0.2) is 0 Å². The first kappa shape index (κ1) is 13.7. The second-order valence-corrected chi connectivity index (χ2v) is 4.00. The SMILES string of the molecule is CCCCCCC([CH]CCC=O)CC. The van der Waals surface area contributed by atoms with Crippen LogP contribution in [0.1, 0.15) is 65.2 Å². The molecule has 0 bridgehead atoms. The van der Waals surface area contributed by atoms with Crippen LogP contribution in [-0.4, -0.2) is 6.29 Å². The number of hydrogen-bond donors (Lipinski definition) is 0. The molecule has 0 amide bonds. The van der Waals surface area contributed by atoms with Crippen LogP contribution in [0.2, 0.25) is 0 Å². The van der Waals surface area contributed by atoms with Gasteiger partial charge in [0.2, 0.25) is 0 Å². The van der Waals surface area contributed by atoms with Gasteiger partial charge in [0.15, 0.2) is 0 Å². The fraction of sp³-hybridized carbons (Fsp3) is 0.846. The molecule has 83 valence electrons. The largest absolute Gasteiger partial charge is 0.303 e. The first-order valence-electron chi connectivity index (χ1n) is 6.12. The van der Waals surface area contributed by atoms with Crippen molar-refractivity contribution >= 4 is 6.29 Å². The van der Waals surface area contributed by atoms with E-state index in [4.69, 9.17) is 0 Å². The first-order valence-corrected chi connectivity index (χ1v) is 6.12. The van der Waals surface area contributed by atoms with E-state index in [0.29, 0.717) is 6.42 Å². The van der Waals surface area contributed by atoms with E-state index < -0.39 is 0 Å². The Balaban J connectivity index is 3.33. The predicted molar refractivity (Wildman–Crippen MR) is 62.1 cm³/mol. The normalized spacial score (nSPS) is 12.7. The molecule has 0 aliphatic carbocycles. The van der Waals surface area contributed by atoms with Crippen molar-refractivity contribution in [3.05, 3.63) is 6.42 Å². The third-order valence-corrected chi connectivity index (χ3v) is 2.74. The first-order chi connectivity index (χ1) is 6.85. The van der Waals surface area contributed by atoms with Gasteiger partial charge in [-0.2, -0.15) is 0 Å². The zero-order valence-electron chi connectivity index (χ0n) is 9.80. The summed E-state index contributed by atoms with van der Waals surface area (Å²) in [5, 5.41) is 0. The quantitative estimate of drug-likeness (QED) is 0.379. The highest BCUT2D eigenvalue weighted by atomic mass is 16.1. The average molecular weight is 197 g/mol. The fourth-order valence-corrected chi connectivity index (χ4v) is 1.72. The Bertz CT molecular complexity index is 120. The third kappa shape index (κ3) is 8.28. The van der Waals surface area contributed by atoms with Gasteiger partial charge in [0, 0.05) is 6.42 Å². The van der Waals surface area contributed by atoms with Crippen molar-refractivity contribution in [1.29, 1.82) is 0 Å². The smallest absolute Gasteiger partial charge is 0.120 e. The molecule has 0 rings (SSSR count). The molecule has 0 aromatic heterocycles. The highest BCUT2D eigenvalue weighted by Gasteiger charge is 2.05. The van der Waals surface area contributed by atoms with E-state index in [1.807, 2.05) is 0 Å². The number of carbonyl (C=O) groups excluding carboxylic acids is 1. The van der Waals surface area contributed by atoms with Gasteiger partial charge in [-0.15, -0.1) is 0 Å².